The quantitative estimate of drug-likeness (QED) is 0.821. The molecule has 114 valence electrons. The van der Waals surface area contributed by atoms with Crippen LogP contribution in [0.25, 0.3) is 0 Å². The van der Waals surface area contributed by atoms with E-state index in [4.69, 9.17) is 0 Å². The van der Waals surface area contributed by atoms with Gasteiger partial charge in [-0.1, -0.05) is 35.0 Å². The Labute approximate surface area is 135 Å². The number of amides is 2. The van der Waals surface area contributed by atoms with Gasteiger partial charge in [0.2, 0.25) is 0 Å². The maximum atomic E-state index is 13.6. The Hall–Kier alpha value is -2.21. The van der Waals surface area contributed by atoms with Crippen molar-refractivity contribution in [1.29, 1.82) is 0 Å². The number of rotatable bonds is 3. The van der Waals surface area contributed by atoms with E-state index in [2.05, 4.69) is 26.8 Å². The average Bonchev–Trinajstić information content (AvgIpc) is 2.52. The van der Waals surface area contributed by atoms with Crippen molar-refractivity contribution in [2.75, 3.05) is 0 Å². The highest BCUT2D eigenvalue weighted by atomic mass is 79.9. The Morgan fingerprint density at radius 3 is 2.27 bits per heavy atom. The van der Waals surface area contributed by atoms with Gasteiger partial charge in [-0.05, 0) is 42.3 Å². The van der Waals surface area contributed by atoms with Crippen molar-refractivity contribution in [3.05, 3.63) is 69.4 Å². The Morgan fingerprint density at radius 2 is 1.68 bits per heavy atom. The fourth-order valence-electron chi connectivity index (χ4n) is 1.82. The summed E-state index contributed by atoms with van der Waals surface area (Å²) in [5.41, 5.74) is 5.82. The van der Waals surface area contributed by atoms with Crippen LogP contribution in [0.5, 0.6) is 0 Å². The number of benzene rings is 2. The van der Waals surface area contributed by atoms with Crippen LogP contribution in [0.4, 0.5) is 4.39 Å². The average molecular weight is 365 g/mol. The number of halogens is 2. The van der Waals surface area contributed by atoms with Gasteiger partial charge < -0.3 is 0 Å². The molecule has 0 atom stereocenters. The largest absolute Gasteiger partial charge is 0.272 e. The van der Waals surface area contributed by atoms with Crippen LogP contribution in [0.1, 0.15) is 33.2 Å². The summed E-state index contributed by atoms with van der Waals surface area (Å²) in [5.74, 6) is -1.86. The second kappa shape index (κ2) is 7.17. The van der Waals surface area contributed by atoms with Crippen LogP contribution in [0.2, 0.25) is 0 Å². The monoisotopic (exact) mass is 364 g/mol. The third-order valence-corrected chi connectivity index (χ3v) is 3.58. The van der Waals surface area contributed by atoms with Crippen molar-refractivity contribution in [1.82, 2.24) is 10.9 Å². The number of hydrazine groups is 1. The Balaban J connectivity index is 1.99. The lowest BCUT2D eigenvalue weighted by Crippen LogP contribution is -2.41. The van der Waals surface area contributed by atoms with Crippen molar-refractivity contribution < 1.29 is 14.0 Å². The third kappa shape index (κ3) is 3.92. The number of carbonyl (C=O) groups excluding carboxylic acids is 2. The molecule has 0 aromatic heterocycles. The van der Waals surface area contributed by atoms with E-state index in [1.807, 2.05) is 19.1 Å². The lowest BCUT2D eigenvalue weighted by atomic mass is 10.1. The minimum absolute atomic E-state index is 0.148. The first kappa shape index (κ1) is 16.2. The summed E-state index contributed by atoms with van der Waals surface area (Å²) < 4.78 is 14.2. The van der Waals surface area contributed by atoms with Gasteiger partial charge in [0.1, 0.15) is 5.82 Å². The van der Waals surface area contributed by atoms with Gasteiger partial charge in [-0.2, -0.15) is 0 Å². The van der Waals surface area contributed by atoms with Crippen molar-refractivity contribution in [3.63, 3.8) is 0 Å². The van der Waals surface area contributed by atoms with Crippen LogP contribution in [0, 0.1) is 5.82 Å². The Kier molecular flexibility index (Phi) is 5.27. The summed E-state index contributed by atoms with van der Waals surface area (Å²) in [6.07, 6.45) is 0.876. The van der Waals surface area contributed by atoms with Gasteiger partial charge in [-0.3, -0.25) is 20.4 Å². The lowest BCUT2D eigenvalue weighted by molar-refractivity contribution is 0.0844. The van der Waals surface area contributed by atoms with E-state index in [1.165, 1.54) is 12.1 Å². The fourth-order valence-corrected chi connectivity index (χ4v) is 2.15. The summed E-state index contributed by atoms with van der Waals surface area (Å²) >= 11 is 3.11. The molecule has 0 bridgehead atoms. The zero-order valence-electron chi connectivity index (χ0n) is 11.8. The SMILES string of the molecule is CCc1ccc(C(=O)NNC(=O)c2ccc(Br)cc2F)cc1. The first-order chi connectivity index (χ1) is 10.5. The van der Waals surface area contributed by atoms with E-state index in [0.717, 1.165) is 12.0 Å². The highest BCUT2D eigenvalue weighted by molar-refractivity contribution is 9.10. The van der Waals surface area contributed by atoms with Gasteiger partial charge in [-0.25, -0.2) is 4.39 Å². The topological polar surface area (TPSA) is 58.2 Å². The first-order valence-electron chi connectivity index (χ1n) is 6.66. The zero-order valence-corrected chi connectivity index (χ0v) is 13.4. The predicted molar refractivity (Wildman–Crippen MR) is 84.9 cm³/mol. The standard InChI is InChI=1S/C16H14BrFN2O2/c1-2-10-3-5-11(6-4-10)15(21)19-20-16(22)13-8-7-12(17)9-14(13)18/h3-9H,2H2,1H3,(H,19,21)(H,20,22). The van der Waals surface area contributed by atoms with Crippen LogP contribution in [0.3, 0.4) is 0 Å². The van der Waals surface area contributed by atoms with Crippen LogP contribution < -0.4 is 10.9 Å². The predicted octanol–water partition coefficient (Wildman–Crippen LogP) is 3.23. The van der Waals surface area contributed by atoms with E-state index < -0.39 is 17.6 Å². The molecule has 4 nitrogen and oxygen atoms in total. The molecule has 2 N–H and O–H groups in total. The van der Waals surface area contributed by atoms with Crippen molar-refractivity contribution in [3.8, 4) is 0 Å². The van der Waals surface area contributed by atoms with E-state index in [1.54, 1.807) is 18.2 Å². The molecule has 0 saturated heterocycles. The summed E-state index contributed by atoms with van der Waals surface area (Å²) in [7, 11) is 0. The van der Waals surface area contributed by atoms with E-state index in [0.29, 0.717) is 10.0 Å². The van der Waals surface area contributed by atoms with Crippen LogP contribution in [0.15, 0.2) is 46.9 Å². The minimum atomic E-state index is -0.719. The zero-order chi connectivity index (χ0) is 16.1. The summed E-state index contributed by atoms with van der Waals surface area (Å²) in [5, 5.41) is 0. The molecule has 0 fully saturated rings. The molecule has 22 heavy (non-hydrogen) atoms. The van der Waals surface area contributed by atoms with Gasteiger partial charge in [0.05, 0.1) is 5.56 Å². The second-order valence-corrected chi connectivity index (χ2v) is 5.50. The number of nitrogens with one attached hydrogen (secondary N) is 2. The van der Waals surface area contributed by atoms with Crippen LogP contribution in [-0.4, -0.2) is 11.8 Å². The molecule has 0 saturated carbocycles. The molecule has 0 heterocycles. The summed E-state index contributed by atoms with van der Waals surface area (Å²) in [4.78, 5) is 23.7. The first-order valence-corrected chi connectivity index (χ1v) is 7.45. The number of aryl methyl sites for hydroxylation is 1. The molecule has 2 amide bonds. The second-order valence-electron chi connectivity index (χ2n) is 4.58. The van der Waals surface area contributed by atoms with Gasteiger partial charge in [-0.15, -0.1) is 0 Å². The van der Waals surface area contributed by atoms with Gasteiger partial charge >= 0.3 is 0 Å². The Morgan fingerprint density at radius 1 is 1.05 bits per heavy atom. The Bertz CT molecular complexity index is 702. The summed E-state index contributed by atoms with van der Waals surface area (Å²) in [6, 6.07) is 11.1. The van der Waals surface area contributed by atoms with Gasteiger partial charge in [0.25, 0.3) is 11.8 Å². The lowest BCUT2D eigenvalue weighted by Gasteiger charge is -2.08. The minimum Gasteiger partial charge on any atom is -0.267 e. The van der Waals surface area contributed by atoms with E-state index >= 15 is 0 Å². The highest BCUT2D eigenvalue weighted by Gasteiger charge is 2.13. The van der Waals surface area contributed by atoms with Gasteiger partial charge in [0, 0.05) is 10.0 Å². The number of hydrogen-bond acceptors (Lipinski definition) is 2. The molecule has 2 aromatic rings. The third-order valence-electron chi connectivity index (χ3n) is 3.09. The van der Waals surface area contributed by atoms with E-state index in [-0.39, 0.29) is 5.56 Å². The normalized spacial score (nSPS) is 10.1. The molecule has 0 aliphatic rings. The fraction of sp³-hybridized carbons (Fsp3) is 0.125. The smallest absolute Gasteiger partial charge is 0.267 e. The maximum Gasteiger partial charge on any atom is 0.272 e. The van der Waals surface area contributed by atoms with Crippen molar-refractivity contribution in [2.24, 2.45) is 0 Å². The molecule has 2 aromatic carbocycles. The number of hydrogen-bond donors (Lipinski definition) is 2. The van der Waals surface area contributed by atoms with Gasteiger partial charge in [0.15, 0.2) is 0 Å². The number of carbonyl (C=O) groups is 2. The molecule has 0 aliphatic carbocycles. The molecule has 0 unspecified atom stereocenters. The molecular formula is C16H14BrFN2O2. The summed E-state index contributed by atoms with van der Waals surface area (Å²) in [6.45, 7) is 2.02. The van der Waals surface area contributed by atoms with Crippen molar-refractivity contribution >= 4 is 27.7 Å². The molecule has 6 heteroatoms. The molecular weight excluding hydrogens is 351 g/mol. The van der Waals surface area contributed by atoms with E-state index in [9.17, 15) is 14.0 Å². The highest BCUT2D eigenvalue weighted by Crippen LogP contribution is 2.15. The molecule has 0 radical (unpaired) electrons. The maximum absolute atomic E-state index is 13.6. The molecule has 2 rings (SSSR count). The molecule has 0 spiro atoms. The van der Waals surface area contributed by atoms with Crippen LogP contribution >= 0.6 is 15.9 Å². The molecule has 0 aliphatic heterocycles. The van der Waals surface area contributed by atoms with Crippen LogP contribution in [-0.2, 0) is 6.42 Å². The van der Waals surface area contributed by atoms with Crippen molar-refractivity contribution in [2.45, 2.75) is 13.3 Å².